The van der Waals surface area contributed by atoms with Crippen molar-refractivity contribution in [2.24, 2.45) is 5.41 Å². The lowest BCUT2D eigenvalue weighted by molar-refractivity contribution is -0.141. The number of carbonyl (C=O) groups is 2. The van der Waals surface area contributed by atoms with Crippen molar-refractivity contribution in [1.29, 1.82) is 0 Å². The number of aliphatic carboxylic acids is 1. The Bertz CT molecular complexity index is 480. The third-order valence-corrected chi connectivity index (χ3v) is 3.07. The molecule has 1 aromatic rings. The highest BCUT2D eigenvalue weighted by atomic mass is 35.5. The van der Waals surface area contributed by atoms with Crippen molar-refractivity contribution in [3.63, 3.8) is 0 Å². The van der Waals surface area contributed by atoms with Gasteiger partial charge in [0.2, 0.25) is 0 Å². The highest BCUT2D eigenvalue weighted by Crippen LogP contribution is 2.48. The van der Waals surface area contributed by atoms with Gasteiger partial charge >= 0.3 is 5.97 Å². The standard InChI is InChI=1S/C11H8ClFO3/c12-7-5-6(1-2-8(7)13)9(14)11(3-4-11)10(15)16/h1-2,5H,3-4H2,(H,15,16). The minimum absolute atomic E-state index is 0.145. The second-order valence-corrected chi connectivity index (χ2v) is 4.25. The zero-order valence-electron chi connectivity index (χ0n) is 8.17. The predicted octanol–water partition coefficient (Wildman–Crippen LogP) is 2.53. The second kappa shape index (κ2) is 3.56. The summed E-state index contributed by atoms with van der Waals surface area (Å²) in [7, 11) is 0. The van der Waals surface area contributed by atoms with Gasteiger partial charge in [0.1, 0.15) is 11.2 Å². The molecule has 3 nitrogen and oxygen atoms in total. The molecule has 1 aromatic carbocycles. The van der Waals surface area contributed by atoms with Crippen LogP contribution in [0.3, 0.4) is 0 Å². The van der Waals surface area contributed by atoms with Crippen molar-refractivity contribution in [2.45, 2.75) is 12.8 Å². The number of carboxylic acid groups (broad SMARTS) is 1. The molecule has 84 valence electrons. The summed E-state index contributed by atoms with van der Waals surface area (Å²) in [6, 6.07) is 3.49. The van der Waals surface area contributed by atoms with Crippen molar-refractivity contribution in [3.8, 4) is 0 Å². The van der Waals surface area contributed by atoms with Gasteiger partial charge in [-0.25, -0.2) is 4.39 Å². The summed E-state index contributed by atoms with van der Waals surface area (Å²) >= 11 is 5.53. The zero-order valence-corrected chi connectivity index (χ0v) is 8.92. The zero-order chi connectivity index (χ0) is 11.9. The maximum Gasteiger partial charge on any atom is 0.317 e. The number of hydrogen-bond donors (Lipinski definition) is 1. The van der Waals surface area contributed by atoms with Crippen LogP contribution in [0.1, 0.15) is 23.2 Å². The van der Waals surface area contributed by atoms with E-state index in [4.69, 9.17) is 16.7 Å². The van der Waals surface area contributed by atoms with Gasteiger partial charge in [-0.15, -0.1) is 0 Å². The van der Waals surface area contributed by atoms with Crippen molar-refractivity contribution < 1.29 is 19.1 Å². The minimum Gasteiger partial charge on any atom is -0.480 e. The van der Waals surface area contributed by atoms with Crippen LogP contribution in [-0.2, 0) is 4.79 Å². The van der Waals surface area contributed by atoms with Gasteiger partial charge in [0.15, 0.2) is 5.78 Å². The van der Waals surface area contributed by atoms with Crippen molar-refractivity contribution in [2.75, 3.05) is 0 Å². The Kier molecular flexibility index (Phi) is 2.46. The lowest BCUT2D eigenvalue weighted by Crippen LogP contribution is -2.25. The van der Waals surface area contributed by atoms with Gasteiger partial charge in [-0.05, 0) is 31.0 Å². The van der Waals surface area contributed by atoms with Gasteiger partial charge in [-0.1, -0.05) is 11.6 Å². The maximum atomic E-state index is 12.9. The number of ketones is 1. The van der Waals surface area contributed by atoms with Gasteiger partial charge in [-0.3, -0.25) is 9.59 Å². The molecule has 2 rings (SSSR count). The van der Waals surface area contributed by atoms with Crippen LogP contribution >= 0.6 is 11.6 Å². The molecule has 0 atom stereocenters. The van der Waals surface area contributed by atoms with Crippen LogP contribution in [0, 0.1) is 11.2 Å². The molecule has 0 radical (unpaired) electrons. The van der Waals surface area contributed by atoms with Crippen molar-refractivity contribution >= 4 is 23.4 Å². The monoisotopic (exact) mass is 242 g/mol. The van der Waals surface area contributed by atoms with Gasteiger partial charge in [0.05, 0.1) is 5.02 Å². The summed E-state index contributed by atoms with van der Waals surface area (Å²) in [5.41, 5.74) is -1.16. The molecule has 0 saturated heterocycles. The normalized spacial score (nSPS) is 16.9. The largest absolute Gasteiger partial charge is 0.480 e. The second-order valence-electron chi connectivity index (χ2n) is 3.85. The highest BCUT2D eigenvalue weighted by Gasteiger charge is 2.56. The van der Waals surface area contributed by atoms with E-state index in [0.717, 1.165) is 6.07 Å². The molecule has 0 heterocycles. The molecule has 5 heteroatoms. The number of benzene rings is 1. The summed E-state index contributed by atoms with van der Waals surface area (Å²) in [6.45, 7) is 0. The first kappa shape index (κ1) is 11.1. The third-order valence-electron chi connectivity index (χ3n) is 2.78. The highest BCUT2D eigenvalue weighted by molar-refractivity contribution is 6.31. The van der Waals surface area contributed by atoms with Crippen LogP contribution in [0.4, 0.5) is 4.39 Å². The number of Topliss-reactive ketones (excluding diaryl/α,β-unsaturated/α-hetero) is 1. The average molecular weight is 243 g/mol. The topological polar surface area (TPSA) is 54.4 Å². The first-order valence-electron chi connectivity index (χ1n) is 4.70. The SMILES string of the molecule is O=C(O)C1(C(=O)c2ccc(F)c(Cl)c2)CC1. The van der Waals surface area contributed by atoms with E-state index in [1.807, 2.05) is 0 Å². The first-order chi connectivity index (χ1) is 7.47. The molecule has 16 heavy (non-hydrogen) atoms. The molecule has 1 saturated carbocycles. The fraction of sp³-hybridized carbons (Fsp3) is 0.273. The molecule has 0 bridgehead atoms. The van der Waals surface area contributed by atoms with E-state index in [1.165, 1.54) is 12.1 Å². The Hall–Kier alpha value is -1.42. The number of hydrogen-bond acceptors (Lipinski definition) is 2. The van der Waals surface area contributed by atoms with E-state index in [-0.39, 0.29) is 10.6 Å². The van der Waals surface area contributed by atoms with E-state index >= 15 is 0 Å². The molecule has 1 N–H and O–H groups in total. The Labute approximate surface area is 95.8 Å². The maximum absolute atomic E-state index is 12.9. The molecule has 1 fully saturated rings. The third kappa shape index (κ3) is 1.59. The molecular formula is C11H8ClFO3. The lowest BCUT2D eigenvalue weighted by Gasteiger charge is -2.08. The first-order valence-corrected chi connectivity index (χ1v) is 5.08. The van der Waals surface area contributed by atoms with Crippen LogP contribution in [0.5, 0.6) is 0 Å². The number of rotatable bonds is 3. The Balaban J connectivity index is 2.35. The average Bonchev–Trinajstić information content (AvgIpc) is 3.02. The summed E-state index contributed by atoms with van der Waals surface area (Å²) in [5.74, 6) is -2.25. The Morgan fingerprint density at radius 2 is 2.00 bits per heavy atom. The van der Waals surface area contributed by atoms with E-state index in [0.29, 0.717) is 12.8 Å². The quantitative estimate of drug-likeness (QED) is 0.655. The molecule has 0 amide bonds. The molecule has 1 aliphatic rings. The van der Waals surface area contributed by atoms with Gasteiger partial charge < -0.3 is 5.11 Å². The van der Waals surface area contributed by atoms with E-state index in [2.05, 4.69) is 0 Å². The fourth-order valence-corrected chi connectivity index (χ4v) is 1.76. The number of halogens is 2. The molecular weight excluding hydrogens is 235 g/mol. The van der Waals surface area contributed by atoms with Gasteiger partial charge in [0, 0.05) is 5.56 Å². The summed E-state index contributed by atoms with van der Waals surface area (Å²) in [5, 5.41) is 8.76. The van der Waals surface area contributed by atoms with Gasteiger partial charge in [0.25, 0.3) is 0 Å². The summed E-state index contributed by atoms with van der Waals surface area (Å²) < 4.78 is 12.9. The van der Waals surface area contributed by atoms with Crippen LogP contribution in [-0.4, -0.2) is 16.9 Å². The molecule has 1 aliphatic carbocycles. The molecule has 0 aliphatic heterocycles. The molecule has 0 unspecified atom stereocenters. The van der Waals surface area contributed by atoms with Gasteiger partial charge in [-0.2, -0.15) is 0 Å². The minimum atomic E-state index is -1.30. The molecule has 0 aromatic heterocycles. The van der Waals surface area contributed by atoms with Crippen molar-refractivity contribution in [1.82, 2.24) is 0 Å². The van der Waals surface area contributed by atoms with E-state index in [1.54, 1.807) is 0 Å². The van der Waals surface area contributed by atoms with Crippen LogP contribution in [0.15, 0.2) is 18.2 Å². The lowest BCUT2D eigenvalue weighted by atomic mass is 9.95. The Morgan fingerprint density at radius 1 is 1.38 bits per heavy atom. The van der Waals surface area contributed by atoms with Crippen LogP contribution in [0.25, 0.3) is 0 Å². The van der Waals surface area contributed by atoms with E-state index in [9.17, 15) is 14.0 Å². The smallest absolute Gasteiger partial charge is 0.317 e. The fourth-order valence-electron chi connectivity index (χ4n) is 1.58. The van der Waals surface area contributed by atoms with Crippen LogP contribution < -0.4 is 0 Å². The van der Waals surface area contributed by atoms with E-state index < -0.39 is 23.0 Å². The number of carbonyl (C=O) groups excluding carboxylic acids is 1. The summed E-state index contributed by atoms with van der Waals surface area (Å²) in [4.78, 5) is 22.8. The summed E-state index contributed by atoms with van der Waals surface area (Å²) in [6.07, 6.45) is 0.659. The predicted molar refractivity (Wildman–Crippen MR) is 55.0 cm³/mol. The number of carboxylic acids is 1. The van der Waals surface area contributed by atoms with Crippen LogP contribution in [0.2, 0.25) is 5.02 Å². The Morgan fingerprint density at radius 3 is 2.44 bits per heavy atom. The van der Waals surface area contributed by atoms with Crippen molar-refractivity contribution in [3.05, 3.63) is 34.6 Å². The molecule has 0 spiro atoms.